The van der Waals surface area contributed by atoms with Crippen molar-refractivity contribution in [3.05, 3.63) is 64.5 Å². The third-order valence-corrected chi connectivity index (χ3v) is 3.05. The summed E-state index contributed by atoms with van der Waals surface area (Å²) in [6, 6.07) is 14.3. The van der Waals surface area contributed by atoms with E-state index < -0.39 is 4.92 Å². The fourth-order valence-corrected chi connectivity index (χ4v) is 2.16. The molecule has 1 heterocycles. The molecule has 3 aromatic rings. The van der Waals surface area contributed by atoms with E-state index in [-0.39, 0.29) is 5.69 Å². The predicted octanol–water partition coefficient (Wildman–Crippen LogP) is 3.51. The summed E-state index contributed by atoms with van der Waals surface area (Å²) in [6.07, 6.45) is 0. The molecule has 98 valence electrons. The minimum Gasteiger partial charge on any atom is -0.258 e. The summed E-state index contributed by atoms with van der Waals surface area (Å²) in [5.74, 6) is 0.644. The first kappa shape index (κ1) is 12.2. The van der Waals surface area contributed by atoms with Gasteiger partial charge >= 0.3 is 0 Å². The molecule has 0 N–H and O–H groups in total. The molecule has 0 bridgehead atoms. The highest BCUT2D eigenvalue weighted by Gasteiger charge is 2.12. The van der Waals surface area contributed by atoms with Crippen molar-refractivity contribution in [1.82, 2.24) is 9.97 Å². The molecule has 0 aliphatic heterocycles. The van der Waals surface area contributed by atoms with E-state index >= 15 is 0 Å². The topological polar surface area (TPSA) is 68.9 Å². The van der Waals surface area contributed by atoms with Gasteiger partial charge in [-0.3, -0.25) is 10.1 Å². The Morgan fingerprint density at radius 2 is 1.80 bits per heavy atom. The van der Waals surface area contributed by atoms with Gasteiger partial charge in [0.1, 0.15) is 5.82 Å². The smallest absolute Gasteiger partial charge is 0.258 e. The van der Waals surface area contributed by atoms with Crippen LogP contribution in [0.2, 0.25) is 0 Å². The number of hydrogen-bond donors (Lipinski definition) is 0. The minimum absolute atomic E-state index is 0.0436. The Bertz CT molecular complexity index is 801. The zero-order valence-corrected chi connectivity index (χ0v) is 10.8. The van der Waals surface area contributed by atoms with Gasteiger partial charge in [0.15, 0.2) is 0 Å². The summed E-state index contributed by atoms with van der Waals surface area (Å²) in [4.78, 5) is 19.3. The number of non-ortho nitro benzene ring substituents is 1. The summed E-state index contributed by atoms with van der Waals surface area (Å²) in [7, 11) is 0. The lowest BCUT2D eigenvalue weighted by molar-refractivity contribution is -0.384. The molecular weight excluding hydrogens is 254 g/mol. The lowest BCUT2D eigenvalue weighted by Gasteiger charge is -2.07. The largest absolute Gasteiger partial charge is 0.270 e. The molecule has 1 aromatic heterocycles. The lowest BCUT2D eigenvalue weighted by Crippen LogP contribution is -1.95. The van der Waals surface area contributed by atoms with E-state index in [2.05, 4.69) is 9.97 Å². The maximum atomic E-state index is 10.9. The van der Waals surface area contributed by atoms with Gasteiger partial charge in [0.25, 0.3) is 5.69 Å². The summed E-state index contributed by atoms with van der Waals surface area (Å²) in [6.45, 7) is 1.81. The van der Waals surface area contributed by atoms with Crippen molar-refractivity contribution in [3.63, 3.8) is 0 Å². The quantitative estimate of drug-likeness (QED) is 0.525. The molecule has 20 heavy (non-hydrogen) atoms. The first-order chi connectivity index (χ1) is 9.65. The number of nitro benzene ring substituents is 1. The molecule has 5 heteroatoms. The average Bonchev–Trinajstić information content (AvgIpc) is 2.46. The van der Waals surface area contributed by atoms with Crippen LogP contribution in [0, 0.1) is 17.0 Å². The van der Waals surface area contributed by atoms with Crippen LogP contribution >= 0.6 is 0 Å². The van der Waals surface area contributed by atoms with Crippen molar-refractivity contribution in [2.24, 2.45) is 0 Å². The Hall–Kier alpha value is -2.82. The van der Waals surface area contributed by atoms with Gasteiger partial charge in [-0.05, 0) is 13.0 Å². The van der Waals surface area contributed by atoms with Crippen LogP contribution in [0.1, 0.15) is 5.82 Å². The zero-order chi connectivity index (χ0) is 14.1. The molecule has 2 aromatic carbocycles. The average molecular weight is 265 g/mol. The van der Waals surface area contributed by atoms with Crippen LogP contribution in [-0.4, -0.2) is 14.9 Å². The maximum Gasteiger partial charge on any atom is 0.270 e. The molecule has 0 spiro atoms. The van der Waals surface area contributed by atoms with E-state index in [1.165, 1.54) is 12.1 Å². The Labute approximate surface area is 115 Å². The molecule has 5 nitrogen and oxygen atoms in total. The van der Waals surface area contributed by atoms with Crippen molar-refractivity contribution in [1.29, 1.82) is 0 Å². The van der Waals surface area contributed by atoms with E-state index in [0.717, 1.165) is 11.3 Å². The molecule has 0 radical (unpaired) electrons. The molecule has 0 saturated carbocycles. The number of aromatic nitrogens is 2. The fraction of sp³-hybridized carbons (Fsp3) is 0.0667. The number of benzene rings is 2. The van der Waals surface area contributed by atoms with Crippen LogP contribution < -0.4 is 0 Å². The molecule has 3 rings (SSSR count). The van der Waals surface area contributed by atoms with Crippen molar-refractivity contribution in [2.75, 3.05) is 0 Å². The van der Waals surface area contributed by atoms with Gasteiger partial charge in [0.2, 0.25) is 0 Å². The molecule has 0 aliphatic carbocycles. The zero-order valence-electron chi connectivity index (χ0n) is 10.8. The highest BCUT2D eigenvalue weighted by atomic mass is 16.6. The third-order valence-electron chi connectivity index (χ3n) is 3.05. The van der Waals surface area contributed by atoms with E-state index in [0.29, 0.717) is 16.7 Å². The maximum absolute atomic E-state index is 10.9. The minimum atomic E-state index is -0.409. The molecular formula is C15H11N3O2. The Balaban J connectivity index is 2.34. The first-order valence-electron chi connectivity index (χ1n) is 6.13. The monoisotopic (exact) mass is 265 g/mol. The number of nitro groups is 1. The lowest BCUT2D eigenvalue weighted by atomic mass is 10.1. The van der Waals surface area contributed by atoms with Crippen molar-refractivity contribution >= 4 is 16.6 Å². The van der Waals surface area contributed by atoms with Gasteiger partial charge in [0.05, 0.1) is 16.1 Å². The van der Waals surface area contributed by atoms with Gasteiger partial charge in [-0.15, -0.1) is 0 Å². The van der Waals surface area contributed by atoms with E-state index in [9.17, 15) is 10.1 Å². The van der Waals surface area contributed by atoms with E-state index in [1.807, 2.05) is 37.3 Å². The van der Waals surface area contributed by atoms with Gasteiger partial charge in [-0.1, -0.05) is 30.3 Å². The second kappa shape index (κ2) is 4.70. The number of aryl methyl sites for hydroxylation is 1. The molecule has 0 atom stereocenters. The highest BCUT2D eigenvalue weighted by molar-refractivity contribution is 5.93. The molecule has 0 unspecified atom stereocenters. The number of nitrogens with zero attached hydrogens (tertiary/aromatic N) is 3. The second-order valence-electron chi connectivity index (χ2n) is 4.44. The van der Waals surface area contributed by atoms with Crippen LogP contribution in [0.15, 0.2) is 48.5 Å². The predicted molar refractivity (Wildman–Crippen MR) is 76.4 cm³/mol. The standard InChI is InChI=1S/C15H11N3O2/c1-10-16-14-8-7-12(18(19)20)9-13(14)15(17-10)11-5-3-2-4-6-11/h2-9H,1H3. The Morgan fingerprint density at radius 1 is 1.05 bits per heavy atom. The van der Waals surface area contributed by atoms with Crippen LogP contribution in [0.4, 0.5) is 5.69 Å². The van der Waals surface area contributed by atoms with Crippen molar-refractivity contribution in [3.8, 4) is 11.3 Å². The summed E-state index contributed by atoms with van der Waals surface area (Å²) in [5.41, 5.74) is 2.39. The molecule has 0 saturated heterocycles. The first-order valence-corrected chi connectivity index (χ1v) is 6.13. The van der Waals surface area contributed by atoms with Gasteiger partial charge in [-0.2, -0.15) is 0 Å². The second-order valence-corrected chi connectivity index (χ2v) is 4.44. The van der Waals surface area contributed by atoms with Gasteiger partial charge < -0.3 is 0 Å². The molecule has 0 aliphatic rings. The number of rotatable bonds is 2. The van der Waals surface area contributed by atoms with Crippen molar-refractivity contribution in [2.45, 2.75) is 6.92 Å². The van der Waals surface area contributed by atoms with E-state index in [4.69, 9.17) is 0 Å². The molecule has 0 fully saturated rings. The number of hydrogen-bond acceptors (Lipinski definition) is 4. The summed E-state index contributed by atoms with van der Waals surface area (Å²) in [5, 5.41) is 11.6. The molecule has 0 amide bonds. The normalized spacial score (nSPS) is 10.7. The van der Waals surface area contributed by atoms with Crippen LogP contribution in [0.25, 0.3) is 22.2 Å². The van der Waals surface area contributed by atoms with Crippen LogP contribution in [0.5, 0.6) is 0 Å². The van der Waals surface area contributed by atoms with Crippen LogP contribution in [0.3, 0.4) is 0 Å². The summed E-state index contributed by atoms with van der Waals surface area (Å²) >= 11 is 0. The van der Waals surface area contributed by atoms with Gasteiger partial charge in [-0.25, -0.2) is 9.97 Å². The Kier molecular flexibility index (Phi) is 2.87. The SMILES string of the molecule is Cc1nc(-c2ccccc2)c2cc([N+](=O)[O-])ccc2n1. The Morgan fingerprint density at radius 3 is 2.50 bits per heavy atom. The third kappa shape index (κ3) is 2.09. The van der Waals surface area contributed by atoms with Crippen molar-refractivity contribution < 1.29 is 4.92 Å². The summed E-state index contributed by atoms with van der Waals surface area (Å²) < 4.78 is 0. The van der Waals surface area contributed by atoms with E-state index in [1.54, 1.807) is 6.07 Å². The fourth-order valence-electron chi connectivity index (χ4n) is 2.16. The van der Waals surface area contributed by atoms with Gasteiger partial charge in [0, 0.05) is 23.1 Å². The van der Waals surface area contributed by atoms with Crippen LogP contribution in [-0.2, 0) is 0 Å². The number of fused-ring (bicyclic) bond motifs is 1. The highest BCUT2D eigenvalue weighted by Crippen LogP contribution is 2.28.